The lowest BCUT2D eigenvalue weighted by Gasteiger charge is -2.12. The summed E-state index contributed by atoms with van der Waals surface area (Å²) in [4.78, 5) is 20.6. The largest absolute Gasteiger partial charge is 0.378 e. The van der Waals surface area contributed by atoms with Crippen LogP contribution in [-0.2, 0) is 0 Å². The number of benzene rings is 1. The minimum atomic E-state index is -0.369. The number of rotatable bonds is 1. The van der Waals surface area contributed by atoms with Gasteiger partial charge in [-0.25, -0.2) is 4.79 Å². The lowest BCUT2D eigenvalue weighted by Crippen LogP contribution is -2.17. The van der Waals surface area contributed by atoms with Crippen molar-refractivity contribution in [2.75, 3.05) is 19.0 Å². The summed E-state index contributed by atoms with van der Waals surface area (Å²) in [5.74, 6) is 0. The van der Waals surface area contributed by atoms with Gasteiger partial charge < -0.3 is 9.88 Å². The Morgan fingerprint density at radius 3 is 2.94 bits per heavy atom. The first-order chi connectivity index (χ1) is 8.16. The van der Waals surface area contributed by atoms with Crippen molar-refractivity contribution in [3.63, 3.8) is 0 Å². The second kappa shape index (κ2) is 3.31. The van der Waals surface area contributed by atoms with Gasteiger partial charge >= 0.3 is 5.69 Å². The molecule has 0 aliphatic rings. The molecule has 3 rings (SSSR count). The van der Waals surface area contributed by atoms with Crippen molar-refractivity contribution in [3.05, 3.63) is 35.0 Å². The average molecular weight is 229 g/mol. The monoisotopic (exact) mass is 229 g/mol. The molecule has 1 N–H and O–H groups in total. The van der Waals surface area contributed by atoms with Gasteiger partial charge in [0.2, 0.25) is 0 Å². The van der Waals surface area contributed by atoms with E-state index in [4.69, 9.17) is 0 Å². The number of nitrogens with one attached hydrogen (secondary N) is 1. The fraction of sp³-hybridized carbons (Fsp3) is 0.182. The lowest BCUT2D eigenvalue weighted by molar-refractivity contribution is 0.881. The van der Waals surface area contributed by atoms with Crippen LogP contribution in [0.4, 0.5) is 5.69 Å². The van der Waals surface area contributed by atoms with Gasteiger partial charge in [0.1, 0.15) is 12.0 Å². The maximum atomic E-state index is 11.6. The SMILES string of the molecule is CN(C)c1ccc2nc(=O)n3nc[nH]c3c2c1. The zero-order chi connectivity index (χ0) is 12.0. The van der Waals surface area contributed by atoms with E-state index in [0.717, 1.165) is 11.1 Å². The highest BCUT2D eigenvalue weighted by molar-refractivity contribution is 5.93. The molecule has 0 fully saturated rings. The normalized spacial score (nSPS) is 11.2. The van der Waals surface area contributed by atoms with E-state index in [1.54, 1.807) is 0 Å². The molecule has 1 aromatic carbocycles. The van der Waals surface area contributed by atoms with Crippen LogP contribution in [0.25, 0.3) is 16.6 Å². The van der Waals surface area contributed by atoms with Gasteiger partial charge in [-0.1, -0.05) is 0 Å². The molecule has 2 aromatic heterocycles. The van der Waals surface area contributed by atoms with Crippen molar-refractivity contribution in [3.8, 4) is 0 Å². The summed E-state index contributed by atoms with van der Waals surface area (Å²) in [6.07, 6.45) is 1.49. The summed E-state index contributed by atoms with van der Waals surface area (Å²) in [6.45, 7) is 0. The van der Waals surface area contributed by atoms with Gasteiger partial charge in [0.25, 0.3) is 0 Å². The first-order valence-corrected chi connectivity index (χ1v) is 5.20. The molecule has 0 saturated heterocycles. The summed E-state index contributed by atoms with van der Waals surface area (Å²) >= 11 is 0. The van der Waals surface area contributed by atoms with Crippen molar-refractivity contribution >= 4 is 22.2 Å². The fourth-order valence-electron chi connectivity index (χ4n) is 1.84. The van der Waals surface area contributed by atoms with Crippen molar-refractivity contribution in [1.82, 2.24) is 19.6 Å². The van der Waals surface area contributed by atoms with Crippen LogP contribution in [0, 0.1) is 0 Å². The Morgan fingerprint density at radius 1 is 1.35 bits per heavy atom. The molecule has 17 heavy (non-hydrogen) atoms. The second-order valence-electron chi connectivity index (χ2n) is 4.04. The molecular formula is C11H11N5O. The standard InChI is InChI=1S/C11H11N5O/c1-15(2)7-3-4-9-8(5-7)10-12-6-13-16(10)11(17)14-9/h3-6H,1-2H3,(H,12,13). The van der Waals surface area contributed by atoms with E-state index >= 15 is 0 Å². The predicted molar refractivity (Wildman–Crippen MR) is 65.4 cm³/mol. The summed E-state index contributed by atoms with van der Waals surface area (Å²) in [5.41, 5.74) is 2.02. The van der Waals surface area contributed by atoms with Crippen LogP contribution in [0.2, 0.25) is 0 Å². The van der Waals surface area contributed by atoms with E-state index < -0.39 is 0 Å². The molecule has 86 valence electrons. The molecular weight excluding hydrogens is 218 g/mol. The van der Waals surface area contributed by atoms with Crippen LogP contribution >= 0.6 is 0 Å². The van der Waals surface area contributed by atoms with Crippen LogP contribution in [-0.4, -0.2) is 33.7 Å². The van der Waals surface area contributed by atoms with E-state index in [1.807, 2.05) is 37.2 Å². The minimum absolute atomic E-state index is 0.369. The Morgan fingerprint density at radius 2 is 2.18 bits per heavy atom. The van der Waals surface area contributed by atoms with Crippen molar-refractivity contribution in [2.45, 2.75) is 0 Å². The van der Waals surface area contributed by atoms with E-state index in [2.05, 4.69) is 15.1 Å². The predicted octanol–water partition coefficient (Wildman–Crippen LogP) is 0.637. The molecule has 6 nitrogen and oxygen atoms in total. The number of hydrogen-bond acceptors (Lipinski definition) is 4. The Bertz CT molecular complexity index is 755. The third kappa shape index (κ3) is 1.37. The van der Waals surface area contributed by atoms with Crippen LogP contribution < -0.4 is 10.6 Å². The summed E-state index contributed by atoms with van der Waals surface area (Å²) in [7, 11) is 3.93. The molecule has 0 amide bonds. The number of nitrogens with zero attached hydrogens (tertiary/aromatic N) is 4. The van der Waals surface area contributed by atoms with Gasteiger partial charge in [0.15, 0.2) is 0 Å². The van der Waals surface area contributed by atoms with Gasteiger partial charge in [0, 0.05) is 25.2 Å². The molecule has 0 unspecified atom stereocenters. The Hall–Kier alpha value is -2.37. The van der Waals surface area contributed by atoms with Crippen LogP contribution in [0.5, 0.6) is 0 Å². The summed E-state index contributed by atoms with van der Waals surface area (Å²) < 4.78 is 1.27. The highest BCUT2D eigenvalue weighted by Gasteiger charge is 2.08. The van der Waals surface area contributed by atoms with E-state index in [-0.39, 0.29) is 5.69 Å². The average Bonchev–Trinajstić information content (AvgIpc) is 2.78. The van der Waals surface area contributed by atoms with E-state index in [9.17, 15) is 4.79 Å². The Balaban J connectivity index is 2.49. The highest BCUT2D eigenvalue weighted by atomic mass is 16.1. The van der Waals surface area contributed by atoms with Crippen molar-refractivity contribution in [2.24, 2.45) is 0 Å². The third-order valence-electron chi connectivity index (χ3n) is 2.74. The summed E-state index contributed by atoms with van der Waals surface area (Å²) in [5, 5.41) is 4.80. The Kier molecular flexibility index (Phi) is 1.91. The number of hydrogen-bond donors (Lipinski definition) is 1. The maximum absolute atomic E-state index is 11.6. The van der Waals surface area contributed by atoms with Gasteiger partial charge in [-0.05, 0) is 18.2 Å². The van der Waals surface area contributed by atoms with E-state index in [0.29, 0.717) is 11.2 Å². The van der Waals surface area contributed by atoms with Crippen LogP contribution in [0.1, 0.15) is 0 Å². The Labute approximate surface area is 96.5 Å². The zero-order valence-corrected chi connectivity index (χ0v) is 9.51. The lowest BCUT2D eigenvalue weighted by atomic mass is 10.2. The molecule has 2 heterocycles. The summed E-state index contributed by atoms with van der Waals surface area (Å²) in [6, 6.07) is 5.75. The van der Waals surface area contributed by atoms with Crippen LogP contribution in [0.3, 0.4) is 0 Å². The van der Waals surface area contributed by atoms with Gasteiger partial charge in [-0.15, -0.1) is 0 Å². The first kappa shape index (κ1) is 9.83. The van der Waals surface area contributed by atoms with Crippen molar-refractivity contribution < 1.29 is 0 Å². The molecule has 0 aliphatic heterocycles. The van der Waals surface area contributed by atoms with Crippen molar-refractivity contribution in [1.29, 1.82) is 0 Å². The fourth-order valence-corrected chi connectivity index (χ4v) is 1.84. The van der Waals surface area contributed by atoms with Gasteiger partial charge in [-0.2, -0.15) is 14.6 Å². The third-order valence-corrected chi connectivity index (χ3v) is 2.74. The molecule has 0 spiro atoms. The van der Waals surface area contributed by atoms with Crippen LogP contribution in [0.15, 0.2) is 29.3 Å². The topological polar surface area (TPSA) is 66.3 Å². The molecule has 0 atom stereocenters. The number of H-pyrrole nitrogens is 1. The van der Waals surface area contributed by atoms with Gasteiger partial charge in [0.05, 0.1) is 5.52 Å². The second-order valence-corrected chi connectivity index (χ2v) is 4.04. The number of aromatic amines is 1. The maximum Gasteiger partial charge on any atom is 0.370 e. The smallest absolute Gasteiger partial charge is 0.370 e. The molecule has 0 radical (unpaired) electrons. The first-order valence-electron chi connectivity index (χ1n) is 5.20. The molecule has 0 saturated carbocycles. The minimum Gasteiger partial charge on any atom is -0.378 e. The number of aromatic nitrogens is 4. The quantitative estimate of drug-likeness (QED) is 0.665. The molecule has 0 bridgehead atoms. The zero-order valence-electron chi connectivity index (χ0n) is 9.51. The number of fused-ring (bicyclic) bond motifs is 3. The highest BCUT2D eigenvalue weighted by Crippen LogP contribution is 2.20. The van der Waals surface area contributed by atoms with E-state index in [1.165, 1.54) is 10.8 Å². The molecule has 0 aliphatic carbocycles. The molecule has 3 aromatic rings. The number of anilines is 1. The van der Waals surface area contributed by atoms with Gasteiger partial charge in [-0.3, -0.25) is 0 Å². The molecule has 6 heteroatoms.